The second-order valence-electron chi connectivity index (χ2n) is 9.35. The third-order valence-corrected chi connectivity index (χ3v) is 9.67. The number of aryl methyl sites for hydroxylation is 1. The highest BCUT2D eigenvalue weighted by molar-refractivity contribution is 8.00. The number of amides is 2. The molecule has 1 atom stereocenters. The zero-order valence-corrected chi connectivity index (χ0v) is 25.9. The summed E-state index contributed by atoms with van der Waals surface area (Å²) in [4.78, 5) is 40.5. The van der Waals surface area contributed by atoms with Crippen molar-refractivity contribution in [1.82, 2.24) is 20.1 Å². The molecule has 3 aromatic heterocycles. The van der Waals surface area contributed by atoms with Gasteiger partial charge in [0, 0.05) is 10.6 Å². The lowest BCUT2D eigenvalue weighted by molar-refractivity contribution is -0.115. The molecule has 0 unspecified atom stereocenters. The Morgan fingerprint density at radius 1 is 1.10 bits per heavy atom. The van der Waals surface area contributed by atoms with Crippen LogP contribution in [-0.2, 0) is 28.9 Å². The second kappa shape index (κ2) is 13.5. The van der Waals surface area contributed by atoms with Crippen molar-refractivity contribution < 1.29 is 23.9 Å². The van der Waals surface area contributed by atoms with Gasteiger partial charge in [-0.3, -0.25) is 14.2 Å². The molecule has 0 fully saturated rings. The Hall–Kier alpha value is -3.68. The summed E-state index contributed by atoms with van der Waals surface area (Å²) < 4.78 is 12.7. The van der Waals surface area contributed by atoms with Gasteiger partial charge in [0.15, 0.2) is 11.0 Å². The quantitative estimate of drug-likeness (QED) is 0.156. The van der Waals surface area contributed by atoms with Crippen LogP contribution < -0.4 is 15.4 Å². The molecule has 220 valence electrons. The number of carbonyl (C=O) groups is 3. The molecule has 0 spiro atoms. The van der Waals surface area contributed by atoms with Crippen molar-refractivity contribution in [2.24, 2.45) is 0 Å². The maximum Gasteiger partial charge on any atom is 0.341 e. The van der Waals surface area contributed by atoms with Gasteiger partial charge in [0.25, 0.3) is 5.91 Å². The number of ether oxygens (including phenoxy) is 2. The summed E-state index contributed by atoms with van der Waals surface area (Å²) in [5.41, 5.74) is 2.22. The Balaban J connectivity index is 1.37. The minimum absolute atomic E-state index is 0.141. The van der Waals surface area contributed by atoms with Crippen molar-refractivity contribution >= 4 is 57.2 Å². The fourth-order valence-electron chi connectivity index (χ4n) is 4.60. The number of rotatable bonds is 12. The summed E-state index contributed by atoms with van der Waals surface area (Å²) >= 11 is 4.04. The molecule has 1 aliphatic carbocycles. The van der Waals surface area contributed by atoms with Crippen molar-refractivity contribution in [1.29, 1.82) is 0 Å². The Morgan fingerprint density at radius 3 is 2.62 bits per heavy atom. The molecule has 0 aliphatic heterocycles. The number of thiophene rings is 2. The average Bonchev–Trinajstić information content (AvgIpc) is 3.78. The van der Waals surface area contributed by atoms with E-state index in [4.69, 9.17) is 9.47 Å². The fraction of sp³-hybridized carbons (Fsp3) is 0.345. The van der Waals surface area contributed by atoms with Crippen molar-refractivity contribution in [2.75, 3.05) is 18.5 Å². The highest BCUT2D eigenvalue weighted by Gasteiger charge is 2.30. The highest BCUT2D eigenvalue weighted by Crippen LogP contribution is 2.40. The number of fused-ring (bicyclic) bond motifs is 1. The van der Waals surface area contributed by atoms with Crippen molar-refractivity contribution in [2.45, 2.75) is 57.0 Å². The van der Waals surface area contributed by atoms with Gasteiger partial charge in [0.05, 0.1) is 35.4 Å². The van der Waals surface area contributed by atoms with E-state index in [9.17, 15) is 14.4 Å². The van der Waals surface area contributed by atoms with Crippen LogP contribution >= 0.6 is 34.4 Å². The van der Waals surface area contributed by atoms with E-state index in [1.54, 1.807) is 19.9 Å². The number of nitrogens with one attached hydrogen (secondary N) is 2. The topological polar surface area (TPSA) is 124 Å². The molecule has 0 bridgehead atoms. The van der Waals surface area contributed by atoms with Crippen LogP contribution in [-0.4, -0.2) is 51.0 Å². The van der Waals surface area contributed by atoms with Crippen LogP contribution in [0, 0.1) is 0 Å². The first-order chi connectivity index (χ1) is 20.4. The largest absolute Gasteiger partial charge is 0.494 e. The van der Waals surface area contributed by atoms with E-state index in [2.05, 4.69) is 20.8 Å². The first-order valence-electron chi connectivity index (χ1n) is 13.7. The van der Waals surface area contributed by atoms with Crippen LogP contribution in [0.3, 0.4) is 0 Å². The molecule has 0 saturated heterocycles. The number of carbonyl (C=O) groups excluding carboxylic acids is 3. The van der Waals surface area contributed by atoms with Gasteiger partial charge in [-0.15, -0.1) is 32.9 Å². The van der Waals surface area contributed by atoms with Crippen LogP contribution in [0.1, 0.15) is 63.5 Å². The Kier molecular flexibility index (Phi) is 9.60. The number of hydrogen-bond donors (Lipinski definition) is 2. The zero-order chi connectivity index (χ0) is 29.6. The van der Waals surface area contributed by atoms with Crippen LogP contribution in [0.25, 0.3) is 5.69 Å². The van der Waals surface area contributed by atoms with Crippen molar-refractivity contribution in [3.8, 4) is 11.4 Å². The van der Waals surface area contributed by atoms with E-state index < -0.39 is 11.2 Å². The molecule has 4 aromatic rings. The molecule has 0 radical (unpaired) electrons. The van der Waals surface area contributed by atoms with Gasteiger partial charge in [-0.25, -0.2) is 4.79 Å². The normalized spacial score (nSPS) is 12.9. The van der Waals surface area contributed by atoms with Crippen molar-refractivity contribution in [3.05, 3.63) is 68.5 Å². The average molecular weight is 626 g/mol. The summed E-state index contributed by atoms with van der Waals surface area (Å²) in [7, 11) is 0. The number of thioether (sulfide) groups is 1. The summed E-state index contributed by atoms with van der Waals surface area (Å²) in [6.07, 6.45) is 2.69. The van der Waals surface area contributed by atoms with Gasteiger partial charge in [0.1, 0.15) is 10.8 Å². The van der Waals surface area contributed by atoms with Gasteiger partial charge < -0.3 is 20.1 Å². The SMILES string of the molecule is CCOC(=O)c1c(NC(=O)[C@@H](C)Sc2nnc(CNC(=O)c3cccs3)n2-c2ccc(OCC)cc2)sc2c1CCC2. The first kappa shape index (κ1) is 29.8. The maximum absolute atomic E-state index is 13.4. The molecule has 0 saturated carbocycles. The van der Waals surface area contributed by atoms with E-state index in [1.165, 1.54) is 34.4 Å². The van der Waals surface area contributed by atoms with Crippen LogP contribution in [0.4, 0.5) is 5.00 Å². The molecule has 13 heteroatoms. The number of anilines is 1. The molecule has 3 heterocycles. The third kappa shape index (κ3) is 6.53. The molecule has 2 N–H and O–H groups in total. The first-order valence-corrected chi connectivity index (χ1v) is 16.3. The molecule has 5 rings (SSSR count). The summed E-state index contributed by atoms with van der Waals surface area (Å²) in [6.45, 7) is 6.42. The van der Waals surface area contributed by atoms with Crippen LogP contribution in [0.2, 0.25) is 0 Å². The van der Waals surface area contributed by atoms with E-state index in [-0.39, 0.29) is 25.0 Å². The van der Waals surface area contributed by atoms with E-state index in [1.807, 2.05) is 47.2 Å². The third-order valence-electron chi connectivity index (χ3n) is 6.55. The number of hydrogen-bond acceptors (Lipinski definition) is 10. The highest BCUT2D eigenvalue weighted by atomic mass is 32.2. The van der Waals surface area contributed by atoms with Gasteiger partial charge in [-0.2, -0.15) is 0 Å². The minimum Gasteiger partial charge on any atom is -0.494 e. The number of benzene rings is 1. The molecular formula is C29H31N5O5S3. The zero-order valence-electron chi connectivity index (χ0n) is 23.5. The molecular weight excluding hydrogens is 595 g/mol. The lowest BCUT2D eigenvalue weighted by atomic mass is 10.1. The fourth-order valence-corrected chi connectivity index (χ4v) is 7.41. The second-order valence-corrected chi connectivity index (χ2v) is 12.7. The number of nitrogens with zero attached hydrogens (tertiary/aromatic N) is 3. The Bertz CT molecular complexity index is 1560. The Morgan fingerprint density at radius 2 is 1.90 bits per heavy atom. The summed E-state index contributed by atoms with van der Waals surface area (Å²) in [6, 6.07) is 11.0. The van der Waals surface area contributed by atoms with E-state index in [0.29, 0.717) is 33.0 Å². The van der Waals surface area contributed by atoms with Crippen molar-refractivity contribution in [3.63, 3.8) is 0 Å². The smallest absolute Gasteiger partial charge is 0.341 e. The molecule has 2 amide bonds. The summed E-state index contributed by atoms with van der Waals surface area (Å²) in [5.74, 6) is 0.368. The molecule has 1 aromatic carbocycles. The van der Waals surface area contributed by atoms with Gasteiger partial charge in [0.2, 0.25) is 5.91 Å². The molecule has 10 nitrogen and oxygen atoms in total. The lowest BCUT2D eigenvalue weighted by Gasteiger charge is -2.15. The Labute approximate surface area is 255 Å². The van der Waals surface area contributed by atoms with Crippen LogP contribution in [0.15, 0.2) is 46.9 Å². The minimum atomic E-state index is -0.573. The van der Waals surface area contributed by atoms with Gasteiger partial charge >= 0.3 is 5.97 Å². The number of esters is 1. The molecule has 1 aliphatic rings. The van der Waals surface area contributed by atoms with E-state index in [0.717, 1.165) is 41.1 Å². The maximum atomic E-state index is 13.4. The van der Waals surface area contributed by atoms with Crippen LogP contribution in [0.5, 0.6) is 5.75 Å². The predicted octanol–water partition coefficient (Wildman–Crippen LogP) is 5.50. The van der Waals surface area contributed by atoms with E-state index >= 15 is 0 Å². The monoisotopic (exact) mass is 625 g/mol. The molecule has 42 heavy (non-hydrogen) atoms. The predicted molar refractivity (Wildman–Crippen MR) is 164 cm³/mol. The number of aromatic nitrogens is 3. The lowest BCUT2D eigenvalue weighted by Crippen LogP contribution is -2.25. The van der Waals surface area contributed by atoms with Gasteiger partial charge in [-0.1, -0.05) is 17.8 Å². The van der Waals surface area contributed by atoms with Gasteiger partial charge in [-0.05, 0) is 81.3 Å². The standard InChI is InChI=1S/C29H31N5O5S3/c1-4-38-19-13-11-18(12-14-19)34-23(16-30-26(36)22-10-7-15-40-22)32-33-29(34)41-17(3)25(35)31-27-24(28(37)39-5-2)20-8-6-9-21(20)42-27/h7,10-15,17H,4-6,8-9,16H2,1-3H3,(H,30,36)(H,31,35)/t17-/m1/s1. The summed E-state index contributed by atoms with van der Waals surface area (Å²) in [5, 5.41) is 16.9.